The second kappa shape index (κ2) is 7.65. The molecule has 0 aliphatic carbocycles. The Morgan fingerprint density at radius 1 is 0.926 bits per heavy atom. The van der Waals surface area contributed by atoms with Crippen LogP contribution in [-0.4, -0.2) is 48.0 Å². The highest BCUT2D eigenvalue weighted by molar-refractivity contribution is 6.04. The van der Waals surface area contributed by atoms with Crippen LogP contribution in [0, 0.1) is 0 Å². The van der Waals surface area contributed by atoms with Crippen LogP contribution in [0.3, 0.4) is 0 Å². The third-order valence-corrected chi connectivity index (χ3v) is 4.64. The molecule has 1 N–H and O–H groups in total. The second-order valence-electron chi connectivity index (χ2n) is 6.57. The summed E-state index contributed by atoms with van der Waals surface area (Å²) in [5, 5.41) is 2.79. The van der Waals surface area contributed by atoms with Crippen molar-refractivity contribution >= 4 is 17.5 Å². The molecule has 2 aliphatic rings. The first-order chi connectivity index (χ1) is 13.2. The third kappa shape index (κ3) is 3.86. The number of carbonyl (C=O) groups excluding carboxylic acids is 2. The summed E-state index contributed by atoms with van der Waals surface area (Å²) in [6, 6.07) is 10.2. The molecule has 0 saturated carbocycles. The number of amides is 2. The summed E-state index contributed by atoms with van der Waals surface area (Å²) in [5.74, 6) is 0.760. The van der Waals surface area contributed by atoms with Crippen molar-refractivity contribution in [1.29, 1.82) is 0 Å². The van der Waals surface area contributed by atoms with E-state index in [4.69, 9.17) is 9.47 Å². The van der Waals surface area contributed by atoms with Crippen LogP contribution in [0.1, 0.15) is 40.2 Å². The van der Waals surface area contributed by atoms with Crippen LogP contribution in [0.4, 0.5) is 5.69 Å². The number of ether oxygens (including phenoxy) is 2. The summed E-state index contributed by atoms with van der Waals surface area (Å²) in [4.78, 5) is 31.2. The molecule has 0 spiro atoms. The number of pyridine rings is 1. The first-order valence-electron chi connectivity index (χ1n) is 9.18. The highest BCUT2D eigenvalue weighted by atomic mass is 16.6. The number of nitrogens with one attached hydrogen (secondary N) is 1. The Morgan fingerprint density at radius 3 is 2.48 bits per heavy atom. The molecule has 7 nitrogen and oxygen atoms in total. The molecule has 1 aromatic heterocycles. The summed E-state index contributed by atoms with van der Waals surface area (Å²) in [7, 11) is 0. The normalized spacial score (nSPS) is 15.9. The first kappa shape index (κ1) is 17.3. The van der Waals surface area contributed by atoms with Crippen LogP contribution >= 0.6 is 0 Å². The predicted molar refractivity (Wildman–Crippen MR) is 99.4 cm³/mol. The Kier molecular flexibility index (Phi) is 4.91. The number of hydrogen-bond donors (Lipinski definition) is 1. The van der Waals surface area contributed by atoms with Crippen LogP contribution in [0.5, 0.6) is 11.5 Å². The lowest BCUT2D eigenvalue weighted by molar-refractivity contribution is 0.0718. The number of nitrogens with zero attached hydrogens (tertiary/aromatic N) is 2. The van der Waals surface area contributed by atoms with Gasteiger partial charge in [0.15, 0.2) is 11.5 Å². The van der Waals surface area contributed by atoms with Crippen molar-refractivity contribution in [3.63, 3.8) is 0 Å². The third-order valence-electron chi connectivity index (χ3n) is 4.64. The number of carbonyl (C=O) groups is 2. The number of hydrogen-bond acceptors (Lipinski definition) is 5. The molecule has 1 aromatic carbocycles. The van der Waals surface area contributed by atoms with Gasteiger partial charge in [0.25, 0.3) is 11.8 Å². The molecule has 1 fully saturated rings. The molecule has 0 radical (unpaired) electrons. The van der Waals surface area contributed by atoms with Gasteiger partial charge >= 0.3 is 0 Å². The average Bonchev–Trinajstić information content (AvgIpc) is 2.74. The molecule has 0 atom stereocenters. The Hall–Kier alpha value is -3.09. The molecule has 4 rings (SSSR count). The second-order valence-corrected chi connectivity index (χ2v) is 6.57. The number of piperidine rings is 1. The lowest BCUT2D eigenvalue weighted by Crippen LogP contribution is -2.36. The molecule has 2 amide bonds. The Morgan fingerprint density at radius 2 is 1.67 bits per heavy atom. The zero-order chi connectivity index (χ0) is 18.6. The van der Waals surface area contributed by atoms with Crippen LogP contribution in [0.2, 0.25) is 0 Å². The Labute approximate surface area is 157 Å². The van der Waals surface area contributed by atoms with Gasteiger partial charge in [0, 0.05) is 24.8 Å². The highest BCUT2D eigenvalue weighted by Crippen LogP contribution is 2.32. The monoisotopic (exact) mass is 367 g/mol. The molecule has 2 aliphatic heterocycles. The van der Waals surface area contributed by atoms with Crippen LogP contribution in [0.25, 0.3) is 0 Å². The van der Waals surface area contributed by atoms with E-state index in [1.54, 1.807) is 41.3 Å². The van der Waals surface area contributed by atoms with Gasteiger partial charge in [0.2, 0.25) is 0 Å². The molecule has 3 heterocycles. The minimum Gasteiger partial charge on any atom is -0.486 e. The summed E-state index contributed by atoms with van der Waals surface area (Å²) in [6.07, 6.45) is 3.17. The largest absolute Gasteiger partial charge is 0.486 e. The van der Waals surface area contributed by atoms with E-state index in [1.165, 1.54) is 0 Å². The minimum atomic E-state index is -0.375. The smallest absolute Gasteiger partial charge is 0.274 e. The average molecular weight is 367 g/mol. The van der Waals surface area contributed by atoms with Crippen molar-refractivity contribution < 1.29 is 19.1 Å². The topological polar surface area (TPSA) is 80.8 Å². The van der Waals surface area contributed by atoms with Gasteiger partial charge in [-0.1, -0.05) is 6.07 Å². The van der Waals surface area contributed by atoms with Crippen molar-refractivity contribution in [3.8, 4) is 11.5 Å². The van der Waals surface area contributed by atoms with E-state index >= 15 is 0 Å². The van der Waals surface area contributed by atoms with E-state index in [-0.39, 0.29) is 17.5 Å². The standard InChI is InChI=1S/C20H21N3O4/c24-19(21-14-7-8-17-18(13-14)27-12-11-26-17)15-5-4-6-16(22-15)20(25)23-9-2-1-3-10-23/h4-8,13H,1-3,9-12H2,(H,21,24). The van der Waals surface area contributed by atoms with Crippen LogP contribution < -0.4 is 14.8 Å². The lowest BCUT2D eigenvalue weighted by Gasteiger charge is -2.26. The number of benzene rings is 1. The van der Waals surface area contributed by atoms with Crippen molar-refractivity contribution in [2.45, 2.75) is 19.3 Å². The van der Waals surface area contributed by atoms with Crippen LogP contribution in [-0.2, 0) is 0 Å². The zero-order valence-electron chi connectivity index (χ0n) is 14.9. The maximum Gasteiger partial charge on any atom is 0.274 e. The zero-order valence-corrected chi connectivity index (χ0v) is 14.9. The summed E-state index contributed by atoms with van der Waals surface area (Å²) >= 11 is 0. The van der Waals surface area contributed by atoms with Crippen molar-refractivity contribution in [1.82, 2.24) is 9.88 Å². The molecule has 140 valence electrons. The lowest BCUT2D eigenvalue weighted by atomic mass is 10.1. The fraction of sp³-hybridized carbons (Fsp3) is 0.350. The van der Waals surface area contributed by atoms with Gasteiger partial charge in [-0.05, 0) is 43.5 Å². The quantitative estimate of drug-likeness (QED) is 0.902. The SMILES string of the molecule is O=C(Nc1ccc2c(c1)OCCO2)c1cccc(C(=O)N2CCCCC2)n1. The van der Waals surface area contributed by atoms with Crippen LogP contribution in [0.15, 0.2) is 36.4 Å². The number of aromatic nitrogens is 1. The van der Waals surface area contributed by atoms with E-state index in [9.17, 15) is 9.59 Å². The van der Waals surface area contributed by atoms with Gasteiger partial charge in [-0.25, -0.2) is 4.98 Å². The molecular weight excluding hydrogens is 346 g/mol. The molecule has 7 heteroatoms. The Balaban J connectivity index is 1.48. The molecule has 0 bridgehead atoms. The van der Waals surface area contributed by atoms with E-state index in [0.717, 1.165) is 32.4 Å². The van der Waals surface area contributed by atoms with Gasteiger partial charge in [-0.3, -0.25) is 9.59 Å². The Bertz CT molecular complexity index is 862. The highest BCUT2D eigenvalue weighted by Gasteiger charge is 2.20. The number of fused-ring (bicyclic) bond motifs is 1. The first-order valence-corrected chi connectivity index (χ1v) is 9.18. The molecule has 27 heavy (non-hydrogen) atoms. The fourth-order valence-electron chi connectivity index (χ4n) is 3.26. The van der Waals surface area contributed by atoms with Gasteiger partial charge in [-0.15, -0.1) is 0 Å². The van der Waals surface area contributed by atoms with E-state index in [1.807, 2.05) is 0 Å². The van der Waals surface area contributed by atoms with E-state index in [2.05, 4.69) is 10.3 Å². The van der Waals surface area contributed by atoms with Gasteiger partial charge in [0.05, 0.1) is 0 Å². The summed E-state index contributed by atoms with van der Waals surface area (Å²) in [6.45, 7) is 2.48. The fourth-order valence-corrected chi connectivity index (χ4v) is 3.26. The molecular formula is C20H21N3O4. The van der Waals surface area contributed by atoms with E-state index < -0.39 is 0 Å². The summed E-state index contributed by atoms with van der Waals surface area (Å²) in [5.41, 5.74) is 1.08. The van der Waals surface area contributed by atoms with Gasteiger partial charge in [0.1, 0.15) is 24.6 Å². The maximum absolute atomic E-state index is 12.6. The predicted octanol–water partition coefficient (Wildman–Crippen LogP) is 2.73. The minimum absolute atomic E-state index is 0.122. The number of anilines is 1. The number of likely N-dealkylation sites (tertiary alicyclic amines) is 1. The van der Waals surface area contributed by atoms with Gasteiger partial charge in [-0.2, -0.15) is 0 Å². The molecule has 1 saturated heterocycles. The molecule has 0 unspecified atom stereocenters. The maximum atomic E-state index is 12.6. The van der Waals surface area contributed by atoms with Crippen molar-refractivity contribution in [3.05, 3.63) is 47.8 Å². The van der Waals surface area contributed by atoms with Gasteiger partial charge < -0.3 is 19.7 Å². The molecule has 2 aromatic rings. The van der Waals surface area contributed by atoms with Crippen molar-refractivity contribution in [2.75, 3.05) is 31.6 Å². The van der Waals surface area contributed by atoms with E-state index in [0.29, 0.717) is 36.1 Å². The number of rotatable bonds is 3. The summed E-state index contributed by atoms with van der Waals surface area (Å²) < 4.78 is 11.0. The van der Waals surface area contributed by atoms with Crippen molar-refractivity contribution in [2.24, 2.45) is 0 Å².